The van der Waals surface area contributed by atoms with E-state index in [2.05, 4.69) is 16.5 Å². The van der Waals surface area contributed by atoms with Gasteiger partial charge in [-0.15, -0.1) is 0 Å². The molecule has 2 aliphatic rings. The fraction of sp³-hybridized carbons (Fsp3) is 0.375. The van der Waals surface area contributed by atoms with Gasteiger partial charge in [0.1, 0.15) is 0 Å². The first kappa shape index (κ1) is 6.46. The van der Waals surface area contributed by atoms with E-state index in [0.29, 0.717) is 0 Å². The second-order valence-electron chi connectivity index (χ2n) is 2.72. The summed E-state index contributed by atoms with van der Waals surface area (Å²) in [6.07, 6.45) is 6.09. The van der Waals surface area contributed by atoms with Gasteiger partial charge in [0.25, 0.3) is 0 Å². The monoisotopic (exact) mass is 149 g/mol. The summed E-state index contributed by atoms with van der Waals surface area (Å²) < 4.78 is 0. The third-order valence-electron chi connectivity index (χ3n) is 1.79. The highest BCUT2D eigenvalue weighted by Crippen LogP contribution is 2.08. The Labute approximate surface area is 66.1 Å². The van der Waals surface area contributed by atoms with Gasteiger partial charge in [-0.25, -0.2) is 0 Å². The Morgan fingerprint density at radius 2 is 2.55 bits per heavy atom. The first-order valence-corrected chi connectivity index (χ1v) is 3.77. The Morgan fingerprint density at radius 3 is 3.45 bits per heavy atom. The van der Waals surface area contributed by atoms with E-state index in [4.69, 9.17) is 0 Å². The second-order valence-corrected chi connectivity index (χ2v) is 2.72. The van der Waals surface area contributed by atoms with E-state index in [0.717, 1.165) is 24.5 Å². The molecule has 2 aliphatic heterocycles. The molecule has 0 atom stereocenters. The average molecular weight is 149 g/mol. The molecule has 0 saturated heterocycles. The van der Waals surface area contributed by atoms with Gasteiger partial charge in [-0.05, 0) is 6.08 Å². The van der Waals surface area contributed by atoms with Crippen molar-refractivity contribution in [2.24, 2.45) is 4.99 Å². The highest BCUT2D eigenvalue weighted by atomic mass is 15.1. The molecule has 0 saturated carbocycles. The van der Waals surface area contributed by atoms with Crippen molar-refractivity contribution in [3.05, 3.63) is 24.2 Å². The highest BCUT2D eigenvalue weighted by molar-refractivity contribution is 6.08. The number of hydrogen-bond donors (Lipinski definition) is 1. The van der Waals surface area contributed by atoms with Crippen molar-refractivity contribution in [3.8, 4) is 0 Å². The Kier molecular flexibility index (Phi) is 1.42. The van der Waals surface area contributed by atoms with Crippen LogP contribution in [0.4, 0.5) is 0 Å². The fourth-order valence-electron chi connectivity index (χ4n) is 1.23. The molecular formula is C8H11N3. The van der Waals surface area contributed by atoms with E-state index in [1.807, 2.05) is 24.2 Å². The molecule has 0 radical (unpaired) electrons. The molecule has 1 N–H and O–H groups in total. The van der Waals surface area contributed by atoms with E-state index in [9.17, 15) is 0 Å². The minimum absolute atomic E-state index is 0.890. The molecule has 0 aromatic rings. The predicted octanol–water partition coefficient (Wildman–Crippen LogP) is 0.331. The maximum Gasteiger partial charge on any atom is 0.0836 e. The van der Waals surface area contributed by atoms with Crippen molar-refractivity contribution in [2.45, 2.75) is 0 Å². The first-order valence-electron chi connectivity index (χ1n) is 3.77. The van der Waals surface area contributed by atoms with Gasteiger partial charge in [-0.2, -0.15) is 0 Å². The maximum atomic E-state index is 4.36. The molecule has 0 aromatic heterocycles. The average Bonchev–Trinajstić information content (AvgIpc) is 2.04. The summed E-state index contributed by atoms with van der Waals surface area (Å²) in [5.74, 6) is 0. The van der Waals surface area contributed by atoms with Crippen molar-refractivity contribution >= 4 is 5.71 Å². The van der Waals surface area contributed by atoms with Gasteiger partial charge in [0.2, 0.25) is 0 Å². The summed E-state index contributed by atoms with van der Waals surface area (Å²) in [5, 5.41) is 3.29. The van der Waals surface area contributed by atoms with E-state index < -0.39 is 0 Å². The van der Waals surface area contributed by atoms with Crippen LogP contribution < -0.4 is 5.32 Å². The first-order chi connectivity index (χ1) is 5.36. The quantitative estimate of drug-likeness (QED) is 0.537. The third-order valence-corrected chi connectivity index (χ3v) is 1.79. The number of hydrogen-bond acceptors (Lipinski definition) is 3. The number of fused-ring (bicyclic) bond motifs is 1. The Balaban J connectivity index is 2.31. The van der Waals surface area contributed by atoms with Crippen LogP contribution in [0.15, 0.2) is 29.2 Å². The molecule has 0 amide bonds. The SMILES string of the molecule is CN1C=CC2=NCCNC2=C1. The van der Waals surface area contributed by atoms with Crippen LogP contribution in [0.3, 0.4) is 0 Å². The highest BCUT2D eigenvalue weighted by Gasteiger charge is 2.11. The lowest BCUT2D eigenvalue weighted by Gasteiger charge is -2.22. The minimum atomic E-state index is 0.890. The molecule has 3 heteroatoms. The third kappa shape index (κ3) is 1.13. The second kappa shape index (κ2) is 2.42. The van der Waals surface area contributed by atoms with Gasteiger partial charge < -0.3 is 10.2 Å². The Hall–Kier alpha value is -1.25. The minimum Gasteiger partial charge on any atom is -0.380 e. The van der Waals surface area contributed by atoms with Crippen LogP contribution in [0.25, 0.3) is 0 Å². The maximum absolute atomic E-state index is 4.36. The summed E-state index contributed by atoms with van der Waals surface area (Å²) in [7, 11) is 2.01. The van der Waals surface area contributed by atoms with Crippen LogP contribution in [-0.2, 0) is 0 Å². The van der Waals surface area contributed by atoms with E-state index in [-0.39, 0.29) is 0 Å². The number of allylic oxidation sites excluding steroid dienone is 1. The van der Waals surface area contributed by atoms with E-state index in [1.165, 1.54) is 0 Å². The zero-order chi connectivity index (χ0) is 7.68. The van der Waals surface area contributed by atoms with Gasteiger partial charge >= 0.3 is 0 Å². The van der Waals surface area contributed by atoms with E-state index >= 15 is 0 Å². The lowest BCUT2D eigenvalue weighted by Crippen LogP contribution is -2.31. The van der Waals surface area contributed by atoms with Gasteiger partial charge in [0, 0.05) is 26.0 Å². The molecule has 2 rings (SSSR count). The number of nitrogens with zero attached hydrogens (tertiary/aromatic N) is 2. The normalized spacial score (nSPS) is 21.7. The van der Waals surface area contributed by atoms with Gasteiger partial charge in [-0.3, -0.25) is 4.99 Å². The van der Waals surface area contributed by atoms with Crippen LogP contribution in [-0.4, -0.2) is 30.7 Å². The van der Waals surface area contributed by atoms with Gasteiger partial charge in [0.05, 0.1) is 18.0 Å². The standard InChI is InChI=1S/C8H11N3/c1-11-5-2-7-8(6-11)10-4-3-9-7/h2,5-6,10H,3-4H2,1H3. The molecule has 58 valence electrons. The molecule has 0 unspecified atom stereocenters. The molecule has 0 fully saturated rings. The van der Waals surface area contributed by atoms with E-state index in [1.54, 1.807) is 0 Å². The number of aliphatic imine (C=N–C) groups is 1. The fourth-order valence-corrected chi connectivity index (χ4v) is 1.23. The Morgan fingerprint density at radius 1 is 1.64 bits per heavy atom. The molecule has 2 heterocycles. The summed E-state index contributed by atoms with van der Waals surface area (Å²) in [6, 6.07) is 0. The van der Waals surface area contributed by atoms with Gasteiger partial charge in [0.15, 0.2) is 0 Å². The molecule has 11 heavy (non-hydrogen) atoms. The van der Waals surface area contributed by atoms with Crippen molar-refractivity contribution in [1.29, 1.82) is 0 Å². The summed E-state index contributed by atoms with van der Waals surface area (Å²) in [4.78, 5) is 6.38. The van der Waals surface area contributed by atoms with Crippen LogP contribution in [0.5, 0.6) is 0 Å². The van der Waals surface area contributed by atoms with Crippen LogP contribution in [0.1, 0.15) is 0 Å². The molecule has 0 bridgehead atoms. The number of nitrogens with one attached hydrogen (secondary N) is 1. The lowest BCUT2D eigenvalue weighted by molar-refractivity contribution is 0.605. The van der Waals surface area contributed by atoms with Crippen molar-refractivity contribution < 1.29 is 0 Å². The summed E-state index contributed by atoms with van der Waals surface area (Å²) >= 11 is 0. The molecule has 0 aromatic carbocycles. The Bertz CT molecular complexity index is 250. The van der Waals surface area contributed by atoms with Crippen molar-refractivity contribution in [1.82, 2.24) is 10.2 Å². The van der Waals surface area contributed by atoms with Gasteiger partial charge in [-0.1, -0.05) is 0 Å². The summed E-state index contributed by atoms with van der Waals surface area (Å²) in [6.45, 7) is 1.84. The van der Waals surface area contributed by atoms with Crippen molar-refractivity contribution in [3.63, 3.8) is 0 Å². The molecule has 3 nitrogen and oxygen atoms in total. The smallest absolute Gasteiger partial charge is 0.0836 e. The predicted molar refractivity (Wildman–Crippen MR) is 45.3 cm³/mol. The molecule has 0 aliphatic carbocycles. The lowest BCUT2D eigenvalue weighted by atomic mass is 10.2. The zero-order valence-corrected chi connectivity index (χ0v) is 6.54. The zero-order valence-electron chi connectivity index (χ0n) is 6.54. The molecule has 0 spiro atoms. The topological polar surface area (TPSA) is 27.6 Å². The largest absolute Gasteiger partial charge is 0.380 e. The summed E-state index contributed by atoms with van der Waals surface area (Å²) in [5.41, 5.74) is 2.22. The molecular weight excluding hydrogens is 138 g/mol. The number of rotatable bonds is 0. The van der Waals surface area contributed by atoms with Crippen molar-refractivity contribution in [2.75, 3.05) is 20.1 Å². The van der Waals surface area contributed by atoms with Crippen LogP contribution in [0, 0.1) is 0 Å². The van der Waals surface area contributed by atoms with Crippen LogP contribution >= 0.6 is 0 Å². The van der Waals surface area contributed by atoms with Crippen LogP contribution in [0.2, 0.25) is 0 Å².